The van der Waals surface area contributed by atoms with Crippen molar-refractivity contribution in [2.24, 2.45) is 0 Å². The number of likely N-dealkylation sites (tertiary alicyclic amines) is 1. The molecule has 12 heteroatoms. The zero-order valence-corrected chi connectivity index (χ0v) is 20.0. The molecule has 0 aromatic carbocycles. The van der Waals surface area contributed by atoms with Gasteiger partial charge < -0.3 is 20.1 Å². The average Bonchev–Trinajstić information content (AvgIpc) is 3.47. The fourth-order valence-electron chi connectivity index (χ4n) is 3.92. The second kappa shape index (κ2) is 9.55. The van der Waals surface area contributed by atoms with Crippen molar-refractivity contribution in [1.29, 1.82) is 0 Å². The van der Waals surface area contributed by atoms with Gasteiger partial charge in [0.2, 0.25) is 5.89 Å². The van der Waals surface area contributed by atoms with E-state index >= 15 is 0 Å². The van der Waals surface area contributed by atoms with Gasteiger partial charge >= 0.3 is 0 Å². The lowest BCUT2D eigenvalue weighted by atomic mass is 9.96. The summed E-state index contributed by atoms with van der Waals surface area (Å²) in [6, 6.07) is 0. The highest BCUT2D eigenvalue weighted by atomic mass is 16.4. The Bertz CT molecular complexity index is 1140. The minimum atomic E-state index is -0.734. The monoisotopic (exact) mass is 469 g/mol. The maximum atomic E-state index is 10.7. The largest absolute Gasteiger partial charge is 0.419 e. The van der Waals surface area contributed by atoms with Gasteiger partial charge in [0.05, 0.1) is 6.20 Å². The Morgan fingerprint density at radius 2 is 2.00 bits per heavy atom. The molecule has 0 radical (unpaired) electrons. The van der Waals surface area contributed by atoms with Crippen LogP contribution in [0.2, 0.25) is 0 Å². The van der Waals surface area contributed by atoms with Crippen LogP contribution in [0.4, 0.5) is 5.82 Å². The van der Waals surface area contributed by atoms with E-state index in [1.54, 1.807) is 10.9 Å². The summed E-state index contributed by atoms with van der Waals surface area (Å²) in [6.07, 6.45) is 3.28. The van der Waals surface area contributed by atoms with Crippen LogP contribution in [0.15, 0.2) is 10.6 Å². The zero-order chi connectivity index (χ0) is 24.5. The van der Waals surface area contributed by atoms with Crippen molar-refractivity contribution in [3.8, 4) is 23.1 Å². The number of nitrogens with two attached hydrogens (primary N) is 1. The van der Waals surface area contributed by atoms with Crippen LogP contribution in [0.5, 0.6) is 0 Å². The molecule has 4 heterocycles. The highest BCUT2D eigenvalue weighted by Crippen LogP contribution is 2.31. The van der Waals surface area contributed by atoms with Gasteiger partial charge in [-0.15, -0.1) is 10.2 Å². The summed E-state index contributed by atoms with van der Waals surface area (Å²) in [5, 5.41) is 23.0. The minimum absolute atomic E-state index is 0.118. The maximum Gasteiger partial charge on any atom is 0.270 e. The molecule has 34 heavy (non-hydrogen) atoms. The fourth-order valence-corrected chi connectivity index (χ4v) is 3.92. The molecule has 3 aromatic rings. The summed E-state index contributed by atoms with van der Waals surface area (Å²) in [4.78, 5) is 26.3. The summed E-state index contributed by atoms with van der Waals surface area (Å²) in [5.74, 6) is 2.35. The molecule has 0 unspecified atom stereocenters. The van der Waals surface area contributed by atoms with Gasteiger partial charge in [0.15, 0.2) is 23.2 Å². The second-order valence-corrected chi connectivity index (χ2v) is 9.45. The third-order valence-electron chi connectivity index (χ3n) is 5.91. The second-order valence-electron chi connectivity index (χ2n) is 9.45. The Kier molecular flexibility index (Phi) is 6.71. The molecule has 0 spiro atoms. The first-order valence-electron chi connectivity index (χ1n) is 11.5. The number of piperidine rings is 1. The van der Waals surface area contributed by atoms with Crippen LogP contribution in [0, 0.1) is 0 Å². The molecule has 0 amide bonds. The number of carbonyl (C=O) groups is 1. The highest BCUT2D eigenvalue weighted by Gasteiger charge is 2.29. The standard InChI is InChI=1S/C22H31N9O3/c1-5-31-19(26-18(29-31)13-6-9-30(10-7-13)15(33)8-11-32)14-12-24-17(23)16(25-14)20-27-28-21(34-20)22(2,3)4/h11-13,15,33H,5-10H2,1-4H3,(H2,23,24)/t15-/m0/s1. The van der Waals surface area contributed by atoms with Crippen molar-refractivity contribution >= 4 is 12.1 Å². The lowest BCUT2D eigenvalue weighted by Gasteiger charge is -2.33. The van der Waals surface area contributed by atoms with Gasteiger partial charge in [-0.25, -0.2) is 19.6 Å². The minimum Gasteiger partial charge on any atom is -0.419 e. The van der Waals surface area contributed by atoms with Gasteiger partial charge in [0.1, 0.15) is 18.2 Å². The molecule has 0 saturated carbocycles. The van der Waals surface area contributed by atoms with E-state index in [1.165, 1.54) is 0 Å². The van der Waals surface area contributed by atoms with Gasteiger partial charge in [0.25, 0.3) is 5.89 Å². The number of carbonyl (C=O) groups excluding carboxylic acids is 1. The van der Waals surface area contributed by atoms with Crippen molar-refractivity contribution in [3.63, 3.8) is 0 Å². The number of rotatable bonds is 7. The lowest BCUT2D eigenvalue weighted by molar-refractivity contribution is -0.113. The Morgan fingerprint density at radius 1 is 1.26 bits per heavy atom. The molecule has 1 fully saturated rings. The Labute approximate surface area is 197 Å². The van der Waals surface area contributed by atoms with Crippen LogP contribution in [-0.4, -0.2) is 70.5 Å². The van der Waals surface area contributed by atoms with Gasteiger partial charge in [-0.1, -0.05) is 20.8 Å². The van der Waals surface area contributed by atoms with Crippen molar-refractivity contribution in [1.82, 2.24) is 39.8 Å². The quantitative estimate of drug-likeness (QED) is 0.485. The predicted molar refractivity (Wildman–Crippen MR) is 123 cm³/mol. The molecule has 1 aliphatic rings. The van der Waals surface area contributed by atoms with Crippen LogP contribution in [-0.2, 0) is 16.8 Å². The molecule has 3 aromatic heterocycles. The smallest absolute Gasteiger partial charge is 0.270 e. The van der Waals surface area contributed by atoms with Crippen molar-refractivity contribution in [2.45, 2.75) is 71.1 Å². The van der Waals surface area contributed by atoms with E-state index in [-0.39, 0.29) is 29.5 Å². The number of hydrogen-bond donors (Lipinski definition) is 2. The molecular formula is C22H31N9O3. The highest BCUT2D eigenvalue weighted by molar-refractivity contribution is 5.65. The van der Waals surface area contributed by atoms with Gasteiger partial charge in [-0.3, -0.25) is 4.90 Å². The van der Waals surface area contributed by atoms with E-state index in [4.69, 9.17) is 20.2 Å². The number of aliphatic hydroxyl groups excluding tert-OH is 1. The van der Waals surface area contributed by atoms with Crippen LogP contribution >= 0.6 is 0 Å². The maximum absolute atomic E-state index is 10.7. The van der Waals surface area contributed by atoms with Crippen LogP contribution in [0.25, 0.3) is 23.1 Å². The number of hydrogen-bond acceptors (Lipinski definition) is 11. The van der Waals surface area contributed by atoms with Crippen LogP contribution < -0.4 is 5.73 Å². The first kappa shape index (κ1) is 23.9. The van der Waals surface area contributed by atoms with Crippen molar-refractivity contribution in [3.05, 3.63) is 17.9 Å². The number of nitrogen functional groups attached to an aromatic ring is 1. The Balaban J connectivity index is 1.59. The van der Waals surface area contributed by atoms with Gasteiger partial charge in [0, 0.05) is 37.4 Å². The zero-order valence-electron chi connectivity index (χ0n) is 20.0. The molecule has 1 saturated heterocycles. The first-order valence-corrected chi connectivity index (χ1v) is 11.5. The van der Waals surface area contributed by atoms with E-state index in [1.807, 2.05) is 32.6 Å². The van der Waals surface area contributed by atoms with Crippen molar-refractivity contribution < 1.29 is 14.3 Å². The number of aldehydes is 1. The van der Waals surface area contributed by atoms with Crippen LogP contribution in [0.3, 0.4) is 0 Å². The van der Waals surface area contributed by atoms with Crippen molar-refractivity contribution in [2.75, 3.05) is 18.8 Å². The van der Waals surface area contributed by atoms with Gasteiger partial charge in [-0.05, 0) is 19.8 Å². The number of nitrogens with zero attached hydrogens (tertiary/aromatic N) is 8. The van der Waals surface area contributed by atoms with E-state index in [0.29, 0.717) is 42.7 Å². The van der Waals surface area contributed by atoms with E-state index in [0.717, 1.165) is 25.0 Å². The molecule has 1 aliphatic heterocycles. The first-order chi connectivity index (χ1) is 16.2. The van der Waals surface area contributed by atoms with E-state index < -0.39 is 6.23 Å². The summed E-state index contributed by atoms with van der Waals surface area (Å²) >= 11 is 0. The predicted octanol–water partition coefficient (Wildman–Crippen LogP) is 1.77. The summed E-state index contributed by atoms with van der Waals surface area (Å²) in [5.41, 5.74) is 6.60. The van der Waals surface area contributed by atoms with E-state index in [2.05, 4.69) is 20.2 Å². The normalized spacial score (nSPS) is 16.6. The average molecular weight is 470 g/mol. The van der Waals surface area contributed by atoms with Crippen LogP contribution in [0.1, 0.15) is 64.6 Å². The van der Waals surface area contributed by atoms with Gasteiger partial charge in [-0.2, -0.15) is 5.10 Å². The third kappa shape index (κ3) is 4.82. The molecule has 4 rings (SSSR count). The number of anilines is 1. The molecule has 1 atom stereocenters. The molecule has 0 bridgehead atoms. The molecule has 182 valence electrons. The molecule has 0 aliphatic carbocycles. The molecular weight excluding hydrogens is 438 g/mol. The Morgan fingerprint density at radius 3 is 2.62 bits per heavy atom. The SMILES string of the molecule is CCn1nc(C2CCN([C@@H](O)CC=O)CC2)nc1-c1cnc(N)c(-c2nnc(C(C)(C)C)o2)n1. The fraction of sp³-hybridized carbons (Fsp3) is 0.591. The summed E-state index contributed by atoms with van der Waals surface area (Å²) < 4.78 is 7.61. The summed E-state index contributed by atoms with van der Waals surface area (Å²) in [6.45, 7) is 9.88. The topological polar surface area (TPSA) is 162 Å². The molecule has 12 nitrogen and oxygen atoms in total. The number of aromatic nitrogens is 7. The lowest BCUT2D eigenvalue weighted by Crippen LogP contribution is -2.41. The summed E-state index contributed by atoms with van der Waals surface area (Å²) in [7, 11) is 0. The number of aliphatic hydroxyl groups is 1. The Hall–Kier alpha value is -3.25. The van der Waals surface area contributed by atoms with E-state index in [9.17, 15) is 9.90 Å². The molecule has 3 N–H and O–H groups in total. The third-order valence-corrected chi connectivity index (χ3v) is 5.91. The number of aryl methyl sites for hydroxylation is 1.